The van der Waals surface area contributed by atoms with E-state index in [4.69, 9.17) is 19.8 Å². The third kappa shape index (κ3) is 3.49. The highest BCUT2D eigenvalue weighted by Crippen LogP contribution is 2.39. The Balaban J connectivity index is 1.61. The molecule has 0 saturated carbocycles. The highest BCUT2D eigenvalue weighted by Gasteiger charge is 2.52. The Labute approximate surface area is 144 Å². The van der Waals surface area contributed by atoms with Gasteiger partial charge >= 0.3 is 7.12 Å². The maximum absolute atomic E-state index is 6.27. The van der Waals surface area contributed by atoms with Gasteiger partial charge in [-0.25, -0.2) is 0 Å². The van der Waals surface area contributed by atoms with Gasteiger partial charge in [0.05, 0.1) is 30.0 Å². The lowest BCUT2D eigenvalue weighted by Gasteiger charge is -2.32. The highest BCUT2D eigenvalue weighted by atomic mass is 16.7. The Kier molecular flexibility index (Phi) is 4.71. The molecule has 1 heterocycles. The van der Waals surface area contributed by atoms with Crippen LogP contribution in [-0.4, -0.2) is 30.5 Å². The van der Waals surface area contributed by atoms with Crippen LogP contribution in [0, 0.1) is 0 Å². The SMILES string of the molecule is CC1(C)OB(C2=CC(N)C(OCc3ccccc3)C=C2)OC1(C)C. The van der Waals surface area contributed by atoms with Gasteiger partial charge in [-0.1, -0.05) is 48.6 Å². The number of rotatable bonds is 4. The Bertz CT molecular complexity index is 623. The maximum atomic E-state index is 6.27. The van der Waals surface area contributed by atoms with Gasteiger partial charge < -0.3 is 19.8 Å². The van der Waals surface area contributed by atoms with Crippen molar-refractivity contribution in [2.75, 3.05) is 0 Å². The van der Waals surface area contributed by atoms with Crippen LogP contribution in [0.25, 0.3) is 0 Å². The molecule has 1 saturated heterocycles. The predicted molar refractivity (Wildman–Crippen MR) is 96.3 cm³/mol. The number of ether oxygens (including phenoxy) is 1. The van der Waals surface area contributed by atoms with E-state index in [1.54, 1.807) is 0 Å². The summed E-state index contributed by atoms with van der Waals surface area (Å²) in [5, 5.41) is 0. The minimum absolute atomic E-state index is 0.142. The Hall–Kier alpha value is -1.40. The number of nitrogens with two attached hydrogens (primary N) is 1. The lowest BCUT2D eigenvalue weighted by Crippen LogP contribution is -2.41. The molecule has 2 atom stereocenters. The summed E-state index contributed by atoms with van der Waals surface area (Å²) in [6.07, 6.45) is 5.84. The lowest BCUT2D eigenvalue weighted by atomic mass is 9.74. The van der Waals surface area contributed by atoms with Crippen LogP contribution in [0.3, 0.4) is 0 Å². The predicted octanol–water partition coefficient (Wildman–Crippen LogP) is 3.03. The summed E-state index contributed by atoms with van der Waals surface area (Å²) in [7, 11) is -0.382. The molecule has 1 aliphatic heterocycles. The van der Waals surface area contributed by atoms with Gasteiger partial charge in [-0.15, -0.1) is 0 Å². The molecule has 1 aliphatic carbocycles. The standard InChI is InChI=1S/C19H26BNO3/c1-18(2)19(3,4)24-20(23-18)15-10-11-17(16(21)12-15)22-13-14-8-6-5-7-9-14/h5-12,16-17H,13,21H2,1-4H3. The van der Waals surface area contributed by atoms with Crippen LogP contribution in [0.2, 0.25) is 0 Å². The molecule has 128 valence electrons. The minimum atomic E-state index is -0.382. The van der Waals surface area contributed by atoms with Gasteiger partial charge in [-0.05, 0) is 38.7 Å². The van der Waals surface area contributed by atoms with Crippen LogP contribution < -0.4 is 5.73 Å². The first-order valence-corrected chi connectivity index (χ1v) is 8.45. The third-order valence-electron chi connectivity index (χ3n) is 5.05. The summed E-state index contributed by atoms with van der Waals surface area (Å²) in [6.45, 7) is 8.73. The fourth-order valence-electron chi connectivity index (χ4n) is 2.78. The molecular weight excluding hydrogens is 301 g/mol. The molecule has 1 aromatic rings. The second kappa shape index (κ2) is 6.49. The van der Waals surface area contributed by atoms with Crippen LogP contribution in [-0.2, 0) is 20.7 Å². The Morgan fingerprint density at radius 3 is 2.29 bits per heavy atom. The van der Waals surface area contributed by atoms with Gasteiger partial charge in [-0.2, -0.15) is 0 Å². The van der Waals surface area contributed by atoms with Crippen molar-refractivity contribution in [3.63, 3.8) is 0 Å². The first-order chi connectivity index (χ1) is 11.3. The average molecular weight is 327 g/mol. The normalized spacial score (nSPS) is 28.0. The summed E-state index contributed by atoms with van der Waals surface area (Å²) in [5.74, 6) is 0. The first kappa shape index (κ1) is 17.4. The molecule has 0 radical (unpaired) electrons. The monoisotopic (exact) mass is 327 g/mol. The van der Waals surface area contributed by atoms with E-state index in [9.17, 15) is 0 Å². The Morgan fingerprint density at radius 1 is 1.08 bits per heavy atom. The molecule has 1 fully saturated rings. The minimum Gasteiger partial charge on any atom is -0.399 e. The van der Waals surface area contributed by atoms with Gasteiger partial charge in [0.15, 0.2) is 0 Å². The van der Waals surface area contributed by atoms with Crippen molar-refractivity contribution in [3.8, 4) is 0 Å². The van der Waals surface area contributed by atoms with Crippen molar-refractivity contribution < 1.29 is 14.0 Å². The van der Waals surface area contributed by atoms with E-state index < -0.39 is 0 Å². The fraction of sp³-hybridized carbons (Fsp3) is 0.474. The van der Waals surface area contributed by atoms with Crippen molar-refractivity contribution >= 4 is 7.12 Å². The van der Waals surface area contributed by atoms with Crippen LogP contribution in [0.5, 0.6) is 0 Å². The van der Waals surface area contributed by atoms with Crippen LogP contribution >= 0.6 is 0 Å². The third-order valence-corrected chi connectivity index (χ3v) is 5.05. The van der Waals surface area contributed by atoms with Gasteiger partial charge in [0, 0.05) is 0 Å². The van der Waals surface area contributed by atoms with Crippen molar-refractivity contribution in [1.82, 2.24) is 0 Å². The molecule has 0 aromatic heterocycles. The number of benzene rings is 1. The van der Waals surface area contributed by atoms with E-state index in [1.807, 2.05) is 76.3 Å². The van der Waals surface area contributed by atoms with Gasteiger partial charge in [0.25, 0.3) is 0 Å². The Morgan fingerprint density at radius 2 is 1.71 bits per heavy atom. The van der Waals surface area contributed by atoms with E-state index in [0.29, 0.717) is 6.61 Å². The molecule has 0 spiro atoms. The molecule has 0 amide bonds. The van der Waals surface area contributed by atoms with Gasteiger partial charge in [-0.3, -0.25) is 0 Å². The topological polar surface area (TPSA) is 53.7 Å². The van der Waals surface area contributed by atoms with E-state index >= 15 is 0 Å². The van der Waals surface area contributed by atoms with Crippen molar-refractivity contribution in [2.24, 2.45) is 5.73 Å². The summed E-state index contributed by atoms with van der Waals surface area (Å²) < 4.78 is 18.1. The van der Waals surface area contributed by atoms with Crippen molar-refractivity contribution in [2.45, 2.75) is 57.6 Å². The molecule has 5 heteroatoms. The number of hydrogen-bond donors (Lipinski definition) is 1. The first-order valence-electron chi connectivity index (χ1n) is 8.45. The summed E-state index contributed by atoms with van der Waals surface area (Å²) >= 11 is 0. The van der Waals surface area contributed by atoms with Crippen LogP contribution in [0.1, 0.15) is 33.3 Å². The largest absolute Gasteiger partial charge is 0.494 e. The molecular formula is C19H26BNO3. The molecule has 2 unspecified atom stereocenters. The highest BCUT2D eigenvalue weighted by molar-refractivity contribution is 6.55. The summed E-state index contributed by atoms with van der Waals surface area (Å²) in [6, 6.07) is 9.88. The quantitative estimate of drug-likeness (QED) is 0.864. The number of hydrogen-bond acceptors (Lipinski definition) is 4. The maximum Gasteiger partial charge on any atom is 0.494 e. The van der Waals surface area contributed by atoms with Gasteiger partial charge in [0.1, 0.15) is 0 Å². The molecule has 24 heavy (non-hydrogen) atoms. The van der Waals surface area contributed by atoms with E-state index in [-0.39, 0.29) is 30.5 Å². The zero-order chi connectivity index (χ0) is 17.4. The van der Waals surface area contributed by atoms with E-state index in [1.165, 1.54) is 0 Å². The zero-order valence-electron chi connectivity index (χ0n) is 14.9. The van der Waals surface area contributed by atoms with E-state index in [0.717, 1.165) is 11.0 Å². The zero-order valence-corrected chi connectivity index (χ0v) is 14.9. The molecule has 3 rings (SSSR count). The average Bonchev–Trinajstić information content (AvgIpc) is 2.75. The smallest absolute Gasteiger partial charge is 0.399 e. The lowest BCUT2D eigenvalue weighted by molar-refractivity contribution is 0.00578. The van der Waals surface area contributed by atoms with Crippen LogP contribution in [0.4, 0.5) is 0 Å². The van der Waals surface area contributed by atoms with Crippen molar-refractivity contribution in [1.29, 1.82) is 0 Å². The van der Waals surface area contributed by atoms with Crippen molar-refractivity contribution in [3.05, 3.63) is 59.6 Å². The molecule has 0 bridgehead atoms. The number of allylic oxidation sites excluding steroid dienone is 2. The summed E-state index contributed by atoms with van der Waals surface area (Å²) in [5.41, 5.74) is 7.67. The molecule has 2 N–H and O–H groups in total. The molecule has 2 aliphatic rings. The second-order valence-electron chi connectivity index (χ2n) is 7.45. The summed E-state index contributed by atoms with van der Waals surface area (Å²) in [4.78, 5) is 0. The van der Waals surface area contributed by atoms with Crippen LogP contribution in [0.15, 0.2) is 54.0 Å². The molecule has 1 aromatic carbocycles. The fourth-order valence-corrected chi connectivity index (χ4v) is 2.78. The van der Waals surface area contributed by atoms with Gasteiger partial charge in [0.2, 0.25) is 0 Å². The second-order valence-corrected chi connectivity index (χ2v) is 7.45. The molecule has 4 nitrogen and oxygen atoms in total. The van der Waals surface area contributed by atoms with E-state index in [2.05, 4.69) is 0 Å².